The molecule has 0 atom stereocenters. The Kier molecular flexibility index (Phi) is 6.16. The highest BCUT2D eigenvalue weighted by Gasteiger charge is 1.92. The monoisotopic (exact) mass is 145 g/mol. The molecule has 0 saturated heterocycles. The van der Waals surface area contributed by atoms with Gasteiger partial charge in [-0.2, -0.15) is 11.8 Å². The first-order chi connectivity index (χ1) is 4.27. The van der Waals surface area contributed by atoms with Gasteiger partial charge in [-0.25, -0.2) is 0 Å². The van der Waals surface area contributed by atoms with E-state index in [0.717, 1.165) is 17.4 Å². The highest BCUT2D eigenvalue weighted by molar-refractivity contribution is 7.99. The van der Waals surface area contributed by atoms with Crippen molar-refractivity contribution in [2.75, 3.05) is 11.5 Å². The van der Waals surface area contributed by atoms with Crippen LogP contribution >= 0.6 is 11.8 Å². The summed E-state index contributed by atoms with van der Waals surface area (Å²) in [4.78, 5) is 9.71. The summed E-state index contributed by atoms with van der Waals surface area (Å²) < 4.78 is 0. The largest absolute Gasteiger partial charge is 0.291 e. The van der Waals surface area contributed by atoms with E-state index < -0.39 is 0 Å². The summed E-state index contributed by atoms with van der Waals surface area (Å²) >= 11 is 1.82. The van der Waals surface area contributed by atoms with Gasteiger partial charge in [0.15, 0.2) is 6.29 Å². The summed E-state index contributed by atoms with van der Waals surface area (Å²) in [7, 11) is 0. The number of hydrogen-bond donors (Lipinski definition) is 0. The Morgan fingerprint density at radius 1 is 1.56 bits per heavy atom. The highest BCUT2D eigenvalue weighted by Crippen LogP contribution is 2.07. The van der Waals surface area contributed by atoms with Crippen LogP contribution in [0.1, 0.15) is 20.3 Å². The SMILES string of the molecule is CC(C)CSCC[C]=O. The van der Waals surface area contributed by atoms with Crippen molar-refractivity contribution in [3.63, 3.8) is 0 Å². The quantitative estimate of drug-likeness (QED) is 0.549. The second kappa shape index (κ2) is 6.14. The van der Waals surface area contributed by atoms with Crippen molar-refractivity contribution in [2.24, 2.45) is 5.92 Å². The van der Waals surface area contributed by atoms with Crippen molar-refractivity contribution >= 4 is 18.0 Å². The smallest absolute Gasteiger partial charge is 0.199 e. The van der Waals surface area contributed by atoms with Crippen LogP contribution in [0, 0.1) is 5.92 Å². The first kappa shape index (κ1) is 9.02. The summed E-state index contributed by atoms with van der Waals surface area (Å²) in [6.07, 6.45) is 2.45. The molecule has 0 heterocycles. The second-order valence-electron chi connectivity index (χ2n) is 2.36. The Labute approximate surface area is 61.2 Å². The molecule has 1 nitrogen and oxygen atoms in total. The molecule has 2 heteroatoms. The molecule has 0 amide bonds. The summed E-state index contributed by atoms with van der Waals surface area (Å²) in [5.41, 5.74) is 0. The lowest BCUT2D eigenvalue weighted by Crippen LogP contribution is -1.92. The molecule has 0 N–H and O–H groups in total. The number of rotatable bonds is 5. The minimum absolute atomic E-state index is 0.581. The third kappa shape index (κ3) is 8.02. The summed E-state index contributed by atoms with van der Waals surface area (Å²) in [5.74, 6) is 2.82. The van der Waals surface area contributed by atoms with Crippen molar-refractivity contribution < 1.29 is 4.79 Å². The maximum Gasteiger partial charge on any atom is 0.199 e. The van der Waals surface area contributed by atoms with Gasteiger partial charge in [-0.15, -0.1) is 0 Å². The molecule has 0 aromatic carbocycles. The Balaban J connectivity index is 2.82. The van der Waals surface area contributed by atoms with Gasteiger partial charge in [0.2, 0.25) is 0 Å². The van der Waals surface area contributed by atoms with E-state index in [-0.39, 0.29) is 0 Å². The van der Waals surface area contributed by atoms with E-state index in [1.54, 1.807) is 0 Å². The van der Waals surface area contributed by atoms with Gasteiger partial charge < -0.3 is 0 Å². The van der Waals surface area contributed by atoms with Gasteiger partial charge >= 0.3 is 0 Å². The lowest BCUT2D eigenvalue weighted by atomic mass is 10.3. The Morgan fingerprint density at radius 2 is 2.22 bits per heavy atom. The average Bonchev–Trinajstić information content (AvgIpc) is 1.80. The average molecular weight is 145 g/mol. The van der Waals surface area contributed by atoms with E-state index in [2.05, 4.69) is 13.8 Å². The Hall–Kier alpha value is 0.0200. The molecule has 0 rings (SSSR count). The van der Waals surface area contributed by atoms with E-state index in [4.69, 9.17) is 0 Å². The predicted molar refractivity (Wildman–Crippen MR) is 42.5 cm³/mol. The Bertz CT molecular complexity index is 71.3. The fourth-order valence-electron chi connectivity index (χ4n) is 0.433. The van der Waals surface area contributed by atoms with Crippen molar-refractivity contribution in [3.8, 4) is 0 Å². The second-order valence-corrected chi connectivity index (χ2v) is 3.51. The molecule has 0 aliphatic rings. The first-order valence-electron chi connectivity index (χ1n) is 3.20. The highest BCUT2D eigenvalue weighted by atomic mass is 32.2. The van der Waals surface area contributed by atoms with Gasteiger partial charge in [-0.1, -0.05) is 13.8 Å². The molecule has 0 bridgehead atoms. The van der Waals surface area contributed by atoms with Crippen LogP contribution in [0.25, 0.3) is 0 Å². The van der Waals surface area contributed by atoms with Gasteiger partial charge in [0, 0.05) is 12.2 Å². The molecule has 0 unspecified atom stereocenters. The molecular weight excluding hydrogens is 132 g/mol. The van der Waals surface area contributed by atoms with Crippen molar-refractivity contribution in [2.45, 2.75) is 20.3 Å². The number of hydrogen-bond acceptors (Lipinski definition) is 2. The van der Waals surface area contributed by atoms with Gasteiger partial charge in [-0.05, 0) is 11.7 Å². The molecule has 9 heavy (non-hydrogen) atoms. The van der Waals surface area contributed by atoms with E-state index in [1.165, 1.54) is 0 Å². The van der Waals surface area contributed by atoms with Crippen LogP contribution in [0.4, 0.5) is 0 Å². The van der Waals surface area contributed by atoms with Crippen molar-refractivity contribution in [1.82, 2.24) is 0 Å². The molecule has 53 valence electrons. The van der Waals surface area contributed by atoms with E-state index >= 15 is 0 Å². The van der Waals surface area contributed by atoms with Gasteiger partial charge in [0.25, 0.3) is 0 Å². The minimum atomic E-state index is 0.581. The molecular formula is C7H13OS. The van der Waals surface area contributed by atoms with Crippen LogP contribution in [0.2, 0.25) is 0 Å². The van der Waals surface area contributed by atoms with Crippen LogP contribution in [0.15, 0.2) is 0 Å². The van der Waals surface area contributed by atoms with E-state index in [0.29, 0.717) is 6.42 Å². The maximum absolute atomic E-state index is 9.71. The summed E-state index contributed by atoms with van der Waals surface area (Å²) in [5, 5.41) is 0. The predicted octanol–water partition coefficient (Wildman–Crippen LogP) is 1.88. The fraction of sp³-hybridized carbons (Fsp3) is 0.857. The van der Waals surface area contributed by atoms with E-state index in [9.17, 15) is 4.79 Å². The Morgan fingerprint density at radius 3 is 2.67 bits per heavy atom. The normalized spacial score (nSPS) is 10.1. The summed E-state index contributed by atoms with van der Waals surface area (Å²) in [6.45, 7) is 4.36. The number of carbonyl (C=O) groups excluding carboxylic acids is 1. The van der Waals surface area contributed by atoms with Crippen LogP contribution in [0.3, 0.4) is 0 Å². The van der Waals surface area contributed by atoms with Gasteiger partial charge in [0.05, 0.1) is 0 Å². The molecule has 0 aromatic heterocycles. The van der Waals surface area contributed by atoms with E-state index in [1.807, 2.05) is 18.0 Å². The topological polar surface area (TPSA) is 17.1 Å². The fourth-order valence-corrected chi connectivity index (χ4v) is 1.30. The zero-order chi connectivity index (χ0) is 7.11. The zero-order valence-electron chi connectivity index (χ0n) is 6.02. The van der Waals surface area contributed by atoms with Gasteiger partial charge in [0.1, 0.15) is 0 Å². The maximum atomic E-state index is 9.71. The molecule has 0 saturated carbocycles. The molecule has 0 spiro atoms. The minimum Gasteiger partial charge on any atom is -0.291 e. The first-order valence-corrected chi connectivity index (χ1v) is 4.35. The molecule has 0 aliphatic heterocycles. The van der Waals surface area contributed by atoms with Crippen LogP contribution < -0.4 is 0 Å². The van der Waals surface area contributed by atoms with Crippen molar-refractivity contribution in [1.29, 1.82) is 0 Å². The van der Waals surface area contributed by atoms with Crippen LogP contribution in [-0.4, -0.2) is 17.8 Å². The van der Waals surface area contributed by atoms with Crippen LogP contribution in [-0.2, 0) is 4.79 Å². The number of thioether (sulfide) groups is 1. The third-order valence-corrected chi connectivity index (χ3v) is 2.19. The molecule has 0 aromatic rings. The molecule has 0 fully saturated rings. The third-order valence-electron chi connectivity index (χ3n) is 0.800. The van der Waals surface area contributed by atoms with Gasteiger partial charge in [-0.3, -0.25) is 4.79 Å². The van der Waals surface area contributed by atoms with Crippen molar-refractivity contribution in [3.05, 3.63) is 0 Å². The lowest BCUT2D eigenvalue weighted by Gasteiger charge is -2.00. The van der Waals surface area contributed by atoms with Crippen LogP contribution in [0.5, 0.6) is 0 Å². The lowest BCUT2D eigenvalue weighted by molar-refractivity contribution is 0.554. The standard InChI is InChI=1S/C7H13OS/c1-7(2)6-9-5-3-4-8/h7H,3,5-6H2,1-2H3. The zero-order valence-corrected chi connectivity index (χ0v) is 6.83. The molecule has 1 radical (unpaired) electrons. The summed E-state index contributed by atoms with van der Waals surface area (Å²) in [6, 6.07) is 0. The molecule has 0 aliphatic carbocycles.